The van der Waals surface area contributed by atoms with Crippen molar-refractivity contribution in [3.05, 3.63) is 12.3 Å². The second-order valence-corrected chi connectivity index (χ2v) is 2.81. The van der Waals surface area contributed by atoms with Gasteiger partial charge in [-0.3, -0.25) is 0 Å². The quantitative estimate of drug-likeness (QED) is 0.611. The van der Waals surface area contributed by atoms with Crippen LogP contribution in [0.3, 0.4) is 0 Å². The van der Waals surface area contributed by atoms with E-state index in [1.807, 2.05) is 13.8 Å². The Morgan fingerprint density at radius 2 is 1.46 bits per heavy atom. The average Bonchev–Trinajstić information content (AvgIpc) is 1.86. The van der Waals surface area contributed by atoms with Crippen LogP contribution in [0, 0.1) is 0 Å². The van der Waals surface area contributed by atoms with E-state index in [1.165, 1.54) is 6.92 Å². The molecule has 0 saturated carbocycles. The fourth-order valence-electron chi connectivity index (χ4n) is 0.493. The largest absolute Gasteiger partial charge is 0.484 e. The van der Waals surface area contributed by atoms with E-state index in [1.54, 1.807) is 0 Å². The predicted octanol–water partition coefficient (Wildman–Crippen LogP) is 3.90. The summed E-state index contributed by atoms with van der Waals surface area (Å²) in [6.45, 7) is 10.5. The number of rotatable bonds is 2. The molecule has 0 bridgehead atoms. The molecule has 0 amide bonds. The molecule has 0 saturated heterocycles. The van der Waals surface area contributed by atoms with Gasteiger partial charge >= 0.3 is 6.18 Å². The normalized spacial score (nSPS) is 11.4. The van der Waals surface area contributed by atoms with Gasteiger partial charge in [-0.15, -0.1) is 0 Å². The molecule has 0 aliphatic rings. The topological polar surface area (TPSA) is 9.23 Å². The summed E-state index contributed by atoms with van der Waals surface area (Å²) >= 11 is 0. The van der Waals surface area contributed by atoms with Gasteiger partial charge in [0.1, 0.15) is 0 Å². The molecule has 1 nitrogen and oxygen atoms in total. The molecule has 4 heteroatoms. The van der Waals surface area contributed by atoms with Gasteiger partial charge in [-0.05, 0) is 20.8 Å². The van der Waals surface area contributed by atoms with E-state index in [-0.39, 0.29) is 5.76 Å². The van der Waals surface area contributed by atoms with Gasteiger partial charge in [0.05, 0.1) is 5.76 Å². The van der Waals surface area contributed by atoms with Crippen molar-refractivity contribution in [1.82, 2.24) is 0 Å². The van der Waals surface area contributed by atoms with Crippen molar-refractivity contribution in [2.45, 2.75) is 46.4 Å². The number of halogens is 3. The summed E-state index contributed by atoms with van der Waals surface area (Å²) in [6.07, 6.45) is -4.36. The van der Waals surface area contributed by atoms with Crippen LogP contribution >= 0.6 is 0 Å². The maximum Gasteiger partial charge on any atom is 0.427 e. The van der Waals surface area contributed by atoms with Crippen molar-refractivity contribution in [3.8, 4) is 0 Å². The predicted molar refractivity (Wildman–Crippen MR) is 47.4 cm³/mol. The van der Waals surface area contributed by atoms with Crippen LogP contribution in [-0.4, -0.2) is 11.8 Å². The van der Waals surface area contributed by atoms with Gasteiger partial charge < -0.3 is 4.74 Å². The second-order valence-electron chi connectivity index (χ2n) is 2.81. The van der Waals surface area contributed by atoms with Crippen molar-refractivity contribution in [1.29, 1.82) is 0 Å². The van der Waals surface area contributed by atoms with Crippen molar-refractivity contribution in [3.63, 3.8) is 0 Å². The molecular formula is C9H17F3O. The molecule has 0 heterocycles. The molecule has 80 valence electrons. The first kappa shape index (κ1) is 14.8. The van der Waals surface area contributed by atoms with Crippen LogP contribution in [0.4, 0.5) is 13.2 Å². The highest BCUT2D eigenvalue weighted by Crippen LogP contribution is 2.33. The molecule has 0 aliphatic heterocycles. The first-order valence-corrected chi connectivity index (χ1v) is 4.08. The lowest BCUT2D eigenvalue weighted by molar-refractivity contribution is -0.251. The van der Waals surface area contributed by atoms with E-state index in [4.69, 9.17) is 0 Å². The Balaban J connectivity index is 0. The van der Waals surface area contributed by atoms with Gasteiger partial charge in [0.25, 0.3) is 0 Å². The smallest absolute Gasteiger partial charge is 0.427 e. The minimum absolute atomic E-state index is 0.0623. The second kappa shape index (κ2) is 5.14. The molecule has 0 rings (SSSR count). The van der Waals surface area contributed by atoms with E-state index < -0.39 is 11.8 Å². The summed E-state index contributed by atoms with van der Waals surface area (Å²) in [5.74, 6) is 0.0623. The van der Waals surface area contributed by atoms with Crippen molar-refractivity contribution >= 4 is 0 Å². The highest BCUT2D eigenvalue weighted by atomic mass is 19.4. The molecule has 0 aliphatic carbocycles. The maximum absolute atomic E-state index is 12.0. The van der Waals surface area contributed by atoms with Crippen LogP contribution in [0.1, 0.15) is 34.6 Å². The number of alkyl halides is 3. The summed E-state index contributed by atoms with van der Waals surface area (Å²) in [5.41, 5.74) is -2.14. The van der Waals surface area contributed by atoms with Crippen molar-refractivity contribution in [2.75, 3.05) is 0 Å². The highest BCUT2D eigenvalue weighted by Gasteiger charge is 2.49. The molecule has 0 aromatic rings. The Kier molecular flexibility index (Phi) is 5.87. The van der Waals surface area contributed by atoms with Crippen LogP contribution in [0.2, 0.25) is 0 Å². The Labute approximate surface area is 77.6 Å². The monoisotopic (exact) mass is 198 g/mol. The van der Waals surface area contributed by atoms with Crippen molar-refractivity contribution in [2.24, 2.45) is 0 Å². The lowest BCUT2D eigenvalue weighted by Gasteiger charge is -2.28. The van der Waals surface area contributed by atoms with Gasteiger partial charge in [0, 0.05) is 0 Å². The van der Waals surface area contributed by atoms with E-state index >= 15 is 0 Å². The Hall–Kier alpha value is -0.670. The molecule has 0 unspecified atom stereocenters. The first-order valence-electron chi connectivity index (χ1n) is 4.08. The molecule has 0 atom stereocenters. The number of hydrogen-bond acceptors (Lipinski definition) is 1. The summed E-state index contributed by atoms with van der Waals surface area (Å²) in [4.78, 5) is 0. The SMILES string of the molecule is C=C(C)OC(C)(C)C(F)(F)F.CC. The van der Waals surface area contributed by atoms with Crippen LogP contribution < -0.4 is 0 Å². The summed E-state index contributed by atoms with van der Waals surface area (Å²) in [6, 6.07) is 0. The van der Waals surface area contributed by atoms with E-state index in [0.29, 0.717) is 0 Å². The molecular weight excluding hydrogens is 181 g/mol. The fourth-order valence-corrected chi connectivity index (χ4v) is 0.493. The Morgan fingerprint density at radius 3 is 1.54 bits per heavy atom. The fraction of sp³-hybridized carbons (Fsp3) is 0.778. The van der Waals surface area contributed by atoms with Gasteiger partial charge in [-0.1, -0.05) is 20.4 Å². The zero-order chi connectivity index (χ0) is 11.3. The Bertz CT molecular complexity index is 159. The van der Waals surface area contributed by atoms with Crippen LogP contribution in [0.5, 0.6) is 0 Å². The van der Waals surface area contributed by atoms with Crippen LogP contribution in [0.25, 0.3) is 0 Å². The molecule has 0 aromatic heterocycles. The van der Waals surface area contributed by atoms with E-state index in [9.17, 15) is 13.2 Å². The van der Waals surface area contributed by atoms with Gasteiger partial charge in [-0.25, -0.2) is 0 Å². The van der Waals surface area contributed by atoms with Crippen LogP contribution in [-0.2, 0) is 4.74 Å². The minimum Gasteiger partial charge on any atom is -0.484 e. The third kappa shape index (κ3) is 5.55. The third-order valence-electron chi connectivity index (χ3n) is 1.11. The number of allylic oxidation sites excluding steroid dienone is 1. The number of hydrogen-bond donors (Lipinski definition) is 0. The van der Waals surface area contributed by atoms with Crippen molar-refractivity contribution < 1.29 is 17.9 Å². The van der Waals surface area contributed by atoms with Crippen LogP contribution in [0.15, 0.2) is 12.3 Å². The zero-order valence-corrected chi connectivity index (χ0v) is 8.75. The lowest BCUT2D eigenvalue weighted by atomic mass is 10.1. The average molecular weight is 198 g/mol. The molecule has 0 spiro atoms. The standard InChI is InChI=1S/C7H11F3O.C2H6/c1-5(2)11-6(3,4)7(8,9)10;1-2/h1H2,2-4H3;1-2H3. The highest BCUT2D eigenvalue weighted by molar-refractivity contribution is 4.86. The van der Waals surface area contributed by atoms with E-state index in [0.717, 1.165) is 13.8 Å². The third-order valence-corrected chi connectivity index (χ3v) is 1.11. The number of ether oxygens (including phenoxy) is 1. The summed E-state index contributed by atoms with van der Waals surface area (Å²) < 4.78 is 40.6. The summed E-state index contributed by atoms with van der Waals surface area (Å²) in [7, 11) is 0. The minimum atomic E-state index is -4.36. The lowest BCUT2D eigenvalue weighted by Crippen LogP contribution is -2.41. The van der Waals surface area contributed by atoms with Gasteiger partial charge in [-0.2, -0.15) is 13.2 Å². The first-order chi connectivity index (χ1) is 5.67. The Morgan fingerprint density at radius 1 is 1.15 bits per heavy atom. The van der Waals surface area contributed by atoms with Gasteiger partial charge in [0.15, 0.2) is 5.60 Å². The molecule has 0 radical (unpaired) electrons. The molecule has 13 heavy (non-hydrogen) atoms. The molecule has 0 N–H and O–H groups in total. The molecule has 0 fully saturated rings. The summed E-state index contributed by atoms with van der Waals surface area (Å²) in [5, 5.41) is 0. The zero-order valence-electron chi connectivity index (χ0n) is 8.75. The van der Waals surface area contributed by atoms with Gasteiger partial charge in [0.2, 0.25) is 0 Å². The molecule has 0 aromatic carbocycles. The maximum atomic E-state index is 12.0. The van der Waals surface area contributed by atoms with E-state index in [2.05, 4.69) is 11.3 Å².